The second-order valence-electron chi connectivity index (χ2n) is 5.19. The molecule has 8 heteroatoms. The fraction of sp³-hybridized carbons (Fsp3) is 0.714. The van der Waals surface area contributed by atoms with Crippen molar-refractivity contribution in [1.29, 1.82) is 0 Å². The largest absolute Gasteiger partial charge is 0.424 e. The van der Waals surface area contributed by atoms with E-state index in [0.717, 1.165) is 12.8 Å². The van der Waals surface area contributed by atoms with E-state index < -0.39 is 24.4 Å². The first kappa shape index (κ1) is 17.9. The minimum absolute atomic E-state index is 0.0148. The van der Waals surface area contributed by atoms with Crippen LogP contribution in [0.2, 0.25) is 0 Å². The Morgan fingerprint density at radius 3 is 2.59 bits per heavy atom. The number of carbonyl (C=O) groups is 4. The SMILES string of the molecule is CC(=O)NCC(=O)OC(C)OC(=O)N(C)C1CCCCC1=O. The predicted molar refractivity (Wildman–Crippen MR) is 75.7 cm³/mol. The number of nitrogens with zero attached hydrogens (tertiary/aromatic N) is 1. The summed E-state index contributed by atoms with van der Waals surface area (Å²) in [5.41, 5.74) is 0. The molecule has 124 valence electrons. The van der Waals surface area contributed by atoms with E-state index in [1.165, 1.54) is 25.8 Å². The van der Waals surface area contributed by atoms with Crippen molar-refractivity contribution in [3.8, 4) is 0 Å². The van der Waals surface area contributed by atoms with Gasteiger partial charge in [-0.05, 0) is 12.8 Å². The predicted octanol–water partition coefficient (Wildman–Crippen LogP) is 0.592. The summed E-state index contributed by atoms with van der Waals surface area (Å²) < 4.78 is 9.80. The van der Waals surface area contributed by atoms with Gasteiger partial charge in [-0.15, -0.1) is 0 Å². The summed E-state index contributed by atoms with van der Waals surface area (Å²) in [6, 6.07) is -0.483. The van der Waals surface area contributed by atoms with Gasteiger partial charge in [0.2, 0.25) is 12.2 Å². The van der Waals surface area contributed by atoms with E-state index in [2.05, 4.69) is 5.32 Å². The number of ketones is 1. The molecule has 1 fully saturated rings. The van der Waals surface area contributed by atoms with Crippen molar-refractivity contribution in [2.24, 2.45) is 0 Å². The van der Waals surface area contributed by atoms with E-state index in [9.17, 15) is 19.2 Å². The van der Waals surface area contributed by atoms with E-state index in [4.69, 9.17) is 9.47 Å². The van der Waals surface area contributed by atoms with Crippen LogP contribution in [0.3, 0.4) is 0 Å². The number of likely N-dealkylation sites (N-methyl/N-ethyl adjacent to an activating group) is 1. The molecule has 0 heterocycles. The number of amides is 2. The molecule has 0 radical (unpaired) electrons. The number of Topliss-reactive ketones (excluding diaryl/α,β-unsaturated/α-hetero) is 1. The zero-order valence-corrected chi connectivity index (χ0v) is 13.1. The molecule has 8 nitrogen and oxygen atoms in total. The van der Waals surface area contributed by atoms with E-state index in [0.29, 0.717) is 12.8 Å². The molecule has 1 aliphatic carbocycles. The van der Waals surface area contributed by atoms with Crippen LogP contribution in [0.4, 0.5) is 4.79 Å². The fourth-order valence-corrected chi connectivity index (χ4v) is 2.17. The van der Waals surface area contributed by atoms with Crippen LogP contribution in [-0.2, 0) is 23.9 Å². The van der Waals surface area contributed by atoms with Crippen LogP contribution in [0, 0.1) is 0 Å². The molecule has 2 unspecified atom stereocenters. The van der Waals surface area contributed by atoms with Crippen molar-refractivity contribution >= 4 is 23.8 Å². The summed E-state index contributed by atoms with van der Waals surface area (Å²) >= 11 is 0. The maximum atomic E-state index is 11.9. The average Bonchev–Trinajstić information content (AvgIpc) is 2.44. The molecular weight excluding hydrogens is 292 g/mol. The second-order valence-corrected chi connectivity index (χ2v) is 5.19. The average molecular weight is 314 g/mol. The quantitative estimate of drug-likeness (QED) is 0.588. The Morgan fingerprint density at radius 2 is 2.00 bits per heavy atom. The molecule has 22 heavy (non-hydrogen) atoms. The van der Waals surface area contributed by atoms with Crippen molar-refractivity contribution in [2.75, 3.05) is 13.6 Å². The molecular formula is C14H22N2O6. The Morgan fingerprint density at radius 1 is 1.32 bits per heavy atom. The van der Waals surface area contributed by atoms with Crippen molar-refractivity contribution < 1.29 is 28.7 Å². The van der Waals surface area contributed by atoms with Crippen LogP contribution in [-0.4, -0.2) is 54.6 Å². The monoisotopic (exact) mass is 314 g/mol. The number of hydrogen-bond donors (Lipinski definition) is 1. The van der Waals surface area contributed by atoms with Crippen LogP contribution in [0.25, 0.3) is 0 Å². The molecule has 0 aliphatic heterocycles. The van der Waals surface area contributed by atoms with Gasteiger partial charge in [0.15, 0.2) is 5.78 Å². The normalized spacial score (nSPS) is 19.0. The topological polar surface area (TPSA) is 102 Å². The summed E-state index contributed by atoms with van der Waals surface area (Å²) in [5, 5.41) is 2.28. The van der Waals surface area contributed by atoms with E-state index in [1.807, 2.05) is 0 Å². The highest BCUT2D eigenvalue weighted by Gasteiger charge is 2.30. The number of esters is 1. The minimum atomic E-state index is -1.10. The molecule has 2 atom stereocenters. The molecule has 0 aromatic carbocycles. The molecule has 0 saturated heterocycles. The highest BCUT2D eigenvalue weighted by molar-refractivity contribution is 5.87. The minimum Gasteiger partial charge on any atom is -0.424 e. The van der Waals surface area contributed by atoms with Crippen molar-refractivity contribution in [3.63, 3.8) is 0 Å². The molecule has 2 amide bonds. The Labute approximate surface area is 129 Å². The second kappa shape index (κ2) is 8.35. The van der Waals surface area contributed by atoms with Gasteiger partial charge in [0.25, 0.3) is 0 Å². The lowest BCUT2D eigenvalue weighted by atomic mass is 9.93. The van der Waals surface area contributed by atoms with Crippen molar-refractivity contribution in [3.05, 3.63) is 0 Å². The number of nitrogens with one attached hydrogen (secondary N) is 1. The summed E-state index contributed by atoms with van der Waals surface area (Å²) in [4.78, 5) is 47.0. The third-order valence-electron chi connectivity index (χ3n) is 3.32. The first-order valence-electron chi connectivity index (χ1n) is 7.21. The smallest absolute Gasteiger partial charge is 0.413 e. The Hall–Kier alpha value is -2.12. The first-order valence-corrected chi connectivity index (χ1v) is 7.21. The molecule has 0 spiro atoms. The van der Waals surface area contributed by atoms with E-state index in [-0.39, 0.29) is 18.2 Å². The number of ether oxygens (including phenoxy) is 2. The molecule has 1 aliphatic rings. The number of hydrogen-bond acceptors (Lipinski definition) is 6. The Bertz CT molecular complexity index is 451. The van der Waals surface area contributed by atoms with Crippen LogP contribution in [0.5, 0.6) is 0 Å². The van der Waals surface area contributed by atoms with Crippen LogP contribution < -0.4 is 5.32 Å². The van der Waals surface area contributed by atoms with Gasteiger partial charge >= 0.3 is 12.1 Å². The summed E-state index contributed by atoms with van der Waals surface area (Å²) in [6.45, 7) is 2.36. The molecule has 0 aromatic heterocycles. The zero-order valence-electron chi connectivity index (χ0n) is 13.1. The Balaban J connectivity index is 2.40. The molecule has 0 bridgehead atoms. The maximum Gasteiger partial charge on any atom is 0.413 e. The van der Waals surface area contributed by atoms with Crippen LogP contribution in [0.1, 0.15) is 39.5 Å². The number of carbonyl (C=O) groups excluding carboxylic acids is 4. The maximum absolute atomic E-state index is 11.9. The highest BCUT2D eigenvalue weighted by atomic mass is 16.7. The highest BCUT2D eigenvalue weighted by Crippen LogP contribution is 2.19. The van der Waals surface area contributed by atoms with Gasteiger partial charge in [0.05, 0.1) is 6.04 Å². The van der Waals surface area contributed by atoms with E-state index >= 15 is 0 Å². The van der Waals surface area contributed by atoms with Gasteiger partial charge in [-0.2, -0.15) is 0 Å². The lowest BCUT2D eigenvalue weighted by molar-refractivity contribution is -0.166. The lowest BCUT2D eigenvalue weighted by Gasteiger charge is -2.30. The van der Waals surface area contributed by atoms with E-state index in [1.54, 1.807) is 0 Å². The summed E-state index contributed by atoms with van der Waals surface area (Å²) in [5.74, 6) is -1.06. The van der Waals surface area contributed by atoms with Crippen molar-refractivity contribution in [2.45, 2.75) is 51.9 Å². The first-order chi connectivity index (χ1) is 10.3. The standard InChI is InChI=1S/C14H22N2O6/c1-9(17)15-8-13(19)21-10(2)22-14(20)16(3)11-6-4-5-7-12(11)18/h10-11H,4-8H2,1-3H3,(H,15,17). The van der Waals surface area contributed by atoms with Gasteiger partial charge in [-0.3, -0.25) is 14.4 Å². The van der Waals surface area contributed by atoms with Gasteiger partial charge in [-0.25, -0.2) is 4.79 Å². The van der Waals surface area contributed by atoms with Gasteiger partial charge in [0.1, 0.15) is 6.54 Å². The molecule has 1 N–H and O–H groups in total. The molecule has 1 rings (SSSR count). The van der Waals surface area contributed by atoms with Crippen molar-refractivity contribution in [1.82, 2.24) is 10.2 Å². The zero-order chi connectivity index (χ0) is 16.7. The van der Waals surface area contributed by atoms with Crippen LogP contribution in [0.15, 0.2) is 0 Å². The van der Waals surface area contributed by atoms with Gasteiger partial charge < -0.3 is 19.7 Å². The van der Waals surface area contributed by atoms with Gasteiger partial charge in [0, 0.05) is 27.3 Å². The fourth-order valence-electron chi connectivity index (χ4n) is 2.17. The van der Waals surface area contributed by atoms with Gasteiger partial charge in [-0.1, -0.05) is 6.42 Å². The van der Waals surface area contributed by atoms with Crippen LogP contribution >= 0.6 is 0 Å². The third-order valence-corrected chi connectivity index (χ3v) is 3.32. The Kier molecular flexibility index (Phi) is 6.81. The third kappa shape index (κ3) is 5.71. The molecule has 1 saturated carbocycles. The lowest BCUT2D eigenvalue weighted by Crippen LogP contribution is -2.45. The molecule has 0 aromatic rings. The number of rotatable bonds is 5. The summed E-state index contributed by atoms with van der Waals surface area (Å²) in [6.07, 6.45) is 0.977. The summed E-state index contributed by atoms with van der Waals surface area (Å²) in [7, 11) is 1.49.